The Morgan fingerprint density at radius 1 is 1.11 bits per heavy atom. The smallest absolute Gasteiger partial charge is 0.212 e. The van der Waals surface area contributed by atoms with Crippen LogP contribution in [0.1, 0.15) is 39.5 Å². The van der Waals surface area contributed by atoms with Crippen LogP contribution in [0.15, 0.2) is 0 Å². The molecule has 0 aliphatic carbocycles. The predicted octanol–water partition coefficient (Wildman–Crippen LogP) is 0.531. The third-order valence-corrected chi connectivity index (χ3v) is 5.81. The summed E-state index contributed by atoms with van der Waals surface area (Å²) in [6.07, 6.45) is 4.80. The van der Waals surface area contributed by atoms with Crippen LogP contribution >= 0.6 is 0 Å². The molecule has 5 nitrogen and oxygen atoms in total. The van der Waals surface area contributed by atoms with Gasteiger partial charge in [0.25, 0.3) is 0 Å². The molecular weight excluding hydrogens is 262 g/mol. The van der Waals surface area contributed by atoms with E-state index in [0.29, 0.717) is 31.2 Å². The highest BCUT2D eigenvalue weighted by atomic mass is 32.2. The zero-order chi connectivity index (χ0) is 13.9. The van der Waals surface area contributed by atoms with Gasteiger partial charge in [-0.15, -0.1) is 0 Å². The molecule has 2 aliphatic rings. The van der Waals surface area contributed by atoms with Crippen molar-refractivity contribution in [3.8, 4) is 0 Å². The number of rotatable bonds is 7. The summed E-state index contributed by atoms with van der Waals surface area (Å²) in [5.74, 6) is 0.236. The molecule has 0 radical (unpaired) electrons. The van der Waals surface area contributed by atoms with Gasteiger partial charge in [-0.3, -0.25) is 4.90 Å². The fourth-order valence-corrected chi connectivity index (χ4v) is 4.65. The zero-order valence-corrected chi connectivity index (χ0v) is 12.9. The van der Waals surface area contributed by atoms with Crippen molar-refractivity contribution < 1.29 is 8.42 Å². The molecule has 0 aromatic carbocycles. The van der Waals surface area contributed by atoms with E-state index in [2.05, 4.69) is 21.9 Å². The molecule has 2 bridgehead atoms. The zero-order valence-electron chi connectivity index (χ0n) is 12.1. The van der Waals surface area contributed by atoms with E-state index >= 15 is 0 Å². The number of fused-ring (bicyclic) bond motifs is 2. The summed E-state index contributed by atoms with van der Waals surface area (Å²) in [5, 5.41) is 3.54. The van der Waals surface area contributed by atoms with Gasteiger partial charge in [0, 0.05) is 31.2 Å². The van der Waals surface area contributed by atoms with E-state index in [1.54, 1.807) is 0 Å². The van der Waals surface area contributed by atoms with Gasteiger partial charge in [0.15, 0.2) is 0 Å². The van der Waals surface area contributed by atoms with E-state index in [1.807, 2.05) is 6.92 Å². The fourth-order valence-electron chi connectivity index (χ4n) is 3.61. The molecule has 2 fully saturated rings. The highest BCUT2D eigenvalue weighted by Gasteiger charge is 2.40. The normalized spacial score (nSPS) is 31.8. The molecule has 2 N–H and O–H groups in total. The minimum Gasteiger partial charge on any atom is -0.314 e. The molecule has 19 heavy (non-hydrogen) atoms. The van der Waals surface area contributed by atoms with E-state index < -0.39 is 10.0 Å². The Bertz CT molecular complexity index is 371. The molecule has 0 aromatic rings. The van der Waals surface area contributed by atoms with Crippen molar-refractivity contribution in [1.29, 1.82) is 0 Å². The van der Waals surface area contributed by atoms with Crippen molar-refractivity contribution >= 4 is 10.0 Å². The SMILES string of the molecule is CCNC1CC2CCC(C1)N2CCS(=O)(=O)NCC. The van der Waals surface area contributed by atoms with Gasteiger partial charge < -0.3 is 5.32 Å². The van der Waals surface area contributed by atoms with Crippen LogP contribution in [0.5, 0.6) is 0 Å². The third-order valence-electron chi connectivity index (χ3n) is 4.36. The monoisotopic (exact) mass is 289 g/mol. The van der Waals surface area contributed by atoms with Gasteiger partial charge in [-0.25, -0.2) is 13.1 Å². The van der Waals surface area contributed by atoms with E-state index in [4.69, 9.17) is 0 Å². The maximum Gasteiger partial charge on any atom is 0.212 e. The minimum absolute atomic E-state index is 0.236. The number of piperidine rings is 1. The minimum atomic E-state index is -3.08. The van der Waals surface area contributed by atoms with Crippen molar-refractivity contribution in [3.63, 3.8) is 0 Å². The summed E-state index contributed by atoms with van der Waals surface area (Å²) in [7, 11) is -3.08. The molecule has 2 unspecified atom stereocenters. The second-order valence-electron chi connectivity index (χ2n) is 5.67. The molecule has 2 saturated heterocycles. The van der Waals surface area contributed by atoms with Gasteiger partial charge >= 0.3 is 0 Å². The highest BCUT2D eigenvalue weighted by Crippen LogP contribution is 2.35. The van der Waals surface area contributed by atoms with Crippen LogP contribution in [0, 0.1) is 0 Å². The van der Waals surface area contributed by atoms with Gasteiger partial charge in [-0.2, -0.15) is 0 Å². The van der Waals surface area contributed by atoms with E-state index in [1.165, 1.54) is 25.7 Å². The number of nitrogens with zero attached hydrogens (tertiary/aromatic N) is 1. The van der Waals surface area contributed by atoms with Gasteiger partial charge in [0.1, 0.15) is 0 Å². The maximum absolute atomic E-state index is 11.7. The summed E-state index contributed by atoms with van der Waals surface area (Å²) in [5.41, 5.74) is 0. The molecule has 0 aromatic heterocycles. The lowest BCUT2D eigenvalue weighted by atomic mass is 9.97. The summed E-state index contributed by atoms with van der Waals surface area (Å²) in [6.45, 7) is 6.17. The van der Waals surface area contributed by atoms with Crippen LogP contribution in [-0.4, -0.2) is 56.8 Å². The molecule has 112 valence electrons. The lowest BCUT2D eigenvalue weighted by Gasteiger charge is -2.39. The Labute approximate surface area is 117 Å². The van der Waals surface area contributed by atoms with Crippen molar-refractivity contribution in [2.45, 2.75) is 57.7 Å². The quantitative estimate of drug-likeness (QED) is 0.718. The van der Waals surface area contributed by atoms with E-state index in [-0.39, 0.29) is 5.75 Å². The lowest BCUT2D eigenvalue weighted by Crippen LogP contribution is -2.50. The number of sulfonamides is 1. The largest absolute Gasteiger partial charge is 0.314 e. The molecule has 0 spiro atoms. The van der Waals surface area contributed by atoms with Crippen LogP contribution in [0.25, 0.3) is 0 Å². The third kappa shape index (κ3) is 3.90. The van der Waals surface area contributed by atoms with Crippen molar-refractivity contribution in [2.75, 3.05) is 25.4 Å². The molecule has 2 aliphatic heterocycles. The average Bonchev–Trinajstić information content (AvgIpc) is 2.57. The van der Waals surface area contributed by atoms with Crippen LogP contribution < -0.4 is 10.0 Å². The Morgan fingerprint density at radius 2 is 1.74 bits per heavy atom. The molecule has 0 amide bonds. The van der Waals surface area contributed by atoms with E-state index in [0.717, 1.165) is 6.54 Å². The van der Waals surface area contributed by atoms with Gasteiger partial charge in [-0.1, -0.05) is 13.8 Å². The number of hydrogen-bond acceptors (Lipinski definition) is 4. The predicted molar refractivity (Wildman–Crippen MR) is 77.7 cm³/mol. The summed E-state index contributed by atoms with van der Waals surface area (Å²) < 4.78 is 26.0. The summed E-state index contributed by atoms with van der Waals surface area (Å²) >= 11 is 0. The molecule has 2 rings (SSSR count). The van der Waals surface area contributed by atoms with Crippen molar-refractivity contribution in [2.24, 2.45) is 0 Å². The fraction of sp³-hybridized carbons (Fsp3) is 1.00. The first kappa shape index (κ1) is 15.2. The van der Waals surface area contributed by atoms with Crippen LogP contribution in [0.2, 0.25) is 0 Å². The molecule has 0 saturated carbocycles. The average molecular weight is 289 g/mol. The Hall–Kier alpha value is -0.170. The lowest BCUT2D eigenvalue weighted by molar-refractivity contribution is 0.125. The van der Waals surface area contributed by atoms with Crippen molar-refractivity contribution in [1.82, 2.24) is 14.9 Å². The first-order valence-electron chi connectivity index (χ1n) is 7.52. The van der Waals surface area contributed by atoms with Gasteiger partial charge in [0.05, 0.1) is 5.75 Å². The second kappa shape index (κ2) is 6.52. The first-order valence-corrected chi connectivity index (χ1v) is 9.17. The van der Waals surface area contributed by atoms with Gasteiger partial charge in [0.2, 0.25) is 10.0 Å². The van der Waals surface area contributed by atoms with Crippen LogP contribution in [-0.2, 0) is 10.0 Å². The molecule has 2 heterocycles. The van der Waals surface area contributed by atoms with Crippen LogP contribution in [0.3, 0.4) is 0 Å². The van der Waals surface area contributed by atoms with Crippen LogP contribution in [0.4, 0.5) is 0 Å². The molecular formula is C13H27N3O2S. The number of nitrogens with one attached hydrogen (secondary N) is 2. The summed E-state index contributed by atoms with van der Waals surface area (Å²) in [4.78, 5) is 2.43. The standard InChI is InChI=1S/C13H27N3O2S/c1-3-14-11-9-12-5-6-13(10-11)16(12)7-8-19(17,18)15-4-2/h11-15H,3-10H2,1-2H3. The first-order chi connectivity index (χ1) is 9.05. The number of hydrogen-bond donors (Lipinski definition) is 2. The topological polar surface area (TPSA) is 61.4 Å². The summed E-state index contributed by atoms with van der Waals surface area (Å²) in [6, 6.07) is 1.79. The second-order valence-corrected chi connectivity index (χ2v) is 7.59. The molecule has 6 heteroatoms. The Morgan fingerprint density at radius 3 is 2.26 bits per heavy atom. The Kier molecular flexibility index (Phi) is 5.22. The molecule has 2 atom stereocenters. The highest BCUT2D eigenvalue weighted by molar-refractivity contribution is 7.89. The Balaban J connectivity index is 1.86. The van der Waals surface area contributed by atoms with Gasteiger partial charge in [-0.05, 0) is 32.2 Å². The maximum atomic E-state index is 11.7. The van der Waals surface area contributed by atoms with Crippen molar-refractivity contribution in [3.05, 3.63) is 0 Å². The van der Waals surface area contributed by atoms with E-state index in [9.17, 15) is 8.42 Å².